The number of aliphatic carboxylic acids is 1. The Kier molecular flexibility index (Phi) is 5.23. The number of carboxylic acid groups (broad SMARTS) is 1. The highest BCUT2D eigenvalue weighted by Crippen LogP contribution is 2.02. The molecule has 6 heteroatoms. The fourth-order valence-corrected chi connectivity index (χ4v) is 1.41. The first kappa shape index (κ1) is 14.1. The van der Waals surface area contributed by atoms with Gasteiger partial charge in [0, 0.05) is 6.20 Å². The first-order valence-corrected chi connectivity index (χ1v) is 5.87. The first-order valence-electron chi connectivity index (χ1n) is 5.87. The van der Waals surface area contributed by atoms with Crippen molar-refractivity contribution in [3.8, 4) is 0 Å². The molecule has 1 amide bonds. The number of hydrogen-bond donors (Lipinski definition) is 2. The van der Waals surface area contributed by atoms with E-state index >= 15 is 0 Å². The molecule has 2 N–H and O–H groups in total. The van der Waals surface area contributed by atoms with Crippen LogP contribution in [0, 0.1) is 6.92 Å². The molecule has 1 aromatic rings. The molecule has 98 valence electrons. The molecule has 0 saturated heterocycles. The fourth-order valence-electron chi connectivity index (χ4n) is 1.41. The van der Waals surface area contributed by atoms with Crippen molar-refractivity contribution in [2.45, 2.75) is 39.2 Å². The van der Waals surface area contributed by atoms with Crippen molar-refractivity contribution in [3.05, 3.63) is 23.8 Å². The van der Waals surface area contributed by atoms with E-state index < -0.39 is 17.9 Å². The van der Waals surface area contributed by atoms with Crippen molar-refractivity contribution < 1.29 is 14.7 Å². The summed E-state index contributed by atoms with van der Waals surface area (Å²) in [5.41, 5.74) is 0.829. The number of unbranched alkanes of at least 4 members (excludes halogenated alkanes) is 1. The minimum Gasteiger partial charge on any atom is -0.480 e. The van der Waals surface area contributed by atoms with Gasteiger partial charge in [0.05, 0.1) is 11.9 Å². The summed E-state index contributed by atoms with van der Waals surface area (Å²) in [6, 6.07) is -0.874. The van der Waals surface area contributed by atoms with Crippen molar-refractivity contribution >= 4 is 11.9 Å². The molecule has 0 radical (unpaired) electrons. The predicted molar refractivity (Wildman–Crippen MR) is 65.2 cm³/mol. The second kappa shape index (κ2) is 6.68. The van der Waals surface area contributed by atoms with Gasteiger partial charge in [-0.05, 0) is 13.3 Å². The van der Waals surface area contributed by atoms with Crippen LogP contribution >= 0.6 is 0 Å². The Labute approximate surface area is 105 Å². The average molecular weight is 251 g/mol. The lowest BCUT2D eigenvalue weighted by atomic mass is 10.1. The van der Waals surface area contributed by atoms with E-state index in [1.54, 1.807) is 6.92 Å². The Morgan fingerprint density at radius 2 is 2.11 bits per heavy atom. The third-order valence-corrected chi connectivity index (χ3v) is 2.46. The minimum atomic E-state index is -1.03. The van der Waals surface area contributed by atoms with Gasteiger partial charge >= 0.3 is 5.97 Å². The summed E-state index contributed by atoms with van der Waals surface area (Å²) in [4.78, 5) is 30.6. The van der Waals surface area contributed by atoms with Gasteiger partial charge in [0.25, 0.3) is 5.91 Å². The van der Waals surface area contributed by atoms with Crippen molar-refractivity contribution in [1.82, 2.24) is 15.3 Å². The maximum atomic E-state index is 11.8. The lowest BCUT2D eigenvalue weighted by Crippen LogP contribution is -2.41. The highest BCUT2D eigenvalue weighted by atomic mass is 16.4. The Morgan fingerprint density at radius 1 is 1.39 bits per heavy atom. The molecule has 0 spiro atoms. The second-order valence-electron chi connectivity index (χ2n) is 4.05. The molecular formula is C12H17N3O3. The van der Waals surface area contributed by atoms with Crippen molar-refractivity contribution in [1.29, 1.82) is 0 Å². The Morgan fingerprint density at radius 3 is 2.61 bits per heavy atom. The molecule has 0 unspecified atom stereocenters. The molecule has 0 aliphatic rings. The molecule has 0 saturated carbocycles. The number of hydrogen-bond acceptors (Lipinski definition) is 4. The summed E-state index contributed by atoms with van der Waals surface area (Å²) in [5, 5.41) is 11.4. The summed E-state index contributed by atoms with van der Waals surface area (Å²) in [6.45, 7) is 3.72. The normalized spacial score (nSPS) is 11.9. The van der Waals surface area contributed by atoms with Crippen LogP contribution in [0.5, 0.6) is 0 Å². The number of nitrogens with one attached hydrogen (secondary N) is 1. The SMILES string of the molecule is CCCC[C@H](NC(=O)c1cnc(C)cn1)C(=O)O. The lowest BCUT2D eigenvalue weighted by molar-refractivity contribution is -0.139. The van der Waals surface area contributed by atoms with Crippen molar-refractivity contribution in [2.75, 3.05) is 0 Å². The van der Waals surface area contributed by atoms with Gasteiger partial charge in [-0.3, -0.25) is 9.78 Å². The fraction of sp³-hybridized carbons (Fsp3) is 0.500. The number of carbonyl (C=O) groups excluding carboxylic acids is 1. The van der Waals surface area contributed by atoms with Crippen LogP contribution in [0.3, 0.4) is 0 Å². The van der Waals surface area contributed by atoms with E-state index in [0.29, 0.717) is 12.1 Å². The lowest BCUT2D eigenvalue weighted by Gasteiger charge is -2.13. The van der Waals surface area contributed by atoms with Crippen LogP contribution in [0.25, 0.3) is 0 Å². The van der Waals surface area contributed by atoms with Gasteiger partial charge in [-0.25, -0.2) is 9.78 Å². The van der Waals surface area contributed by atoms with Crippen LogP contribution in [0.4, 0.5) is 0 Å². The van der Waals surface area contributed by atoms with Crippen LogP contribution in [-0.4, -0.2) is 33.0 Å². The molecule has 0 bridgehead atoms. The Balaban J connectivity index is 2.66. The molecular weight excluding hydrogens is 234 g/mol. The molecule has 0 fully saturated rings. The number of aromatic nitrogens is 2. The van der Waals surface area contributed by atoms with Gasteiger partial charge in [0.15, 0.2) is 0 Å². The predicted octanol–water partition coefficient (Wildman–Crippen LogP) is 1.16. The minimum absolute atomic E-state index is 0.128. The summed E-state index contributed by atoms with van der Waals surface area (Å²) in [5.74, 6) is -1.54. The van der Waals surface area contributed by atoms with Crippen molar-refractivity contribution in [2.24, 2.45) is 0 Å². The van der Waals surface area contributed by atoms with Crippen molar-refractivity contribution in [3.63, 3.8) is 0 Å². The number of amides is 1. The van der Waals surface area contributed by atoms with Crippen LogP contribution in [-0.2, 0) is 4.79 Å². The smallest absolute Gasteiger partial charge is 0.326 e. The Bertz CT molecular complexity index is 417. The van der Waals surface area contributed by atoms with E-state index in [4.69, 9.17) is 5.11 Å². The Hall–Kier alpha value is -1.98. The van der Waals surface area contributed by atoms with Gasteiger partial charge in [0.1, 0.15) is 11.7 Å². The summed E-state index contributed by atoms with van der Waals surface area (Å²) >= 11 is 0. The van der Waals surface area contributed by atoms with E-state index in [9.17, 15) is 9.59 Å². The van der Waals surface area contributed by atoms with Crippen LogP contribution < -0.4 is 5.32 Å². The van der Waals surface area contributed by atoms with Crippen LogP contribution in [0.2, 0.25) is 0 Å². The summed E-state index contributed by atoms with van der Waals surface area (Å²) in [7, 11) is 0. The second-order valence-corrected chi connectivity index (χ2v) is 4.05. The summed E-state index contributed by atoms with van der Waals surface area (Å²) < 4.78 is 0. The third kappa shape index (κ3) is 4.12. The van der Waals surface area contributed by atoms with E-state index in [1.165, 1.54) is 12.4 Å². The zero-order valence-corrected chi connectivity index (χ0v) is 10.5. The van der Waals surface area contributed by atoms with E-state index in [2.05, 4.69) is 15.3 Å². The molecule has 0 aromatic carbocycles. The molecule has 6 nitrogen and oxygen atoms in total. The molecule has 1 aromatic heterocycles. The summed E-state index contributed by atoms with van der Waals surface area (Å²) in [6.07, 6.45) is 4.85. The highest BCUT2D eigenvalue weighted by Gasteiger charge is 2.20. The van der Waals surface area contributed by atoms with E-state index in [1.807, 2.05) is 6.92 Å². The molecule has 1 atom stereocenters. The molecule has 0 aliphatic heterocycles. The average Bonchev–Trinajstić information content (AvgIpc) is 2.34. The zero-order valence-electron chi connectivity index (χ0n) is 10.5. The van der Waals surface area contributed by atoms with Crippen LogP contribution in [0.15, 0.2) is 12.4 Å². The van der Waals surface area contributed by atoms with Crippen LogP contribution in [0.1, 0.15) is 42.4 Å². The largest absolute Gasteiger partial charge is 0.480 e. The van der Waals surface area contributed by atoms with Gasteiger partial charge in [-0.15, -0.1) is 0 Å². The van der Waals surface area contributed by atoms with Gasteiger partial charge < -0.3 is 10.4 Å². The number of nitrogens with zero attached hydrogens (tertiary/aromatic N) is 2. The molecule has 18 heavy (non-hydrogen) atoms. The monoisotopic (exact) mass is 251 g/mol. The third-order valence-electron chi connectivity index (χ3n) is 2.46. The number of carboxylic acids is 1. The zero-order chi connectivity index (χ0) is 13.5. The highest BCUT2D eigenvalue weighted by molar-refractivity contribution is 5.94. The quantitative estimate of drug-likeness (QED) is 0.791. The molecule has 0 aliphatic carbocycles. The van der Waals surface area contributed by atoms with Gasteiger partial charge in [-0.1, -0.05) is 19.8 Å². The van der Waals surface area contributed by atoms with Gasteiger partial charge in [-0.2, -0.15) is 0 Å². The topological polar surface area (TPSA) is 92.2 Å². The standard InChI is InChI=1S/C12H17N3O3/c1-3-4-5-9(12(17)18)15-11(16)10-7-13-8(2)6-14-10/h6-7,9H,3-5H2,1-2H3,(H,15,16)(H,17,18)/t9-/m0/s1. The van der Waals surface area contributed by atoms with E-state index in [0.717, 1.165) is 12.8 Å². The maximum Gasteiger partial charge on any atom is 0.326 e. The molecule has 1 rings (SSSR count). The van der Waals surface area contributed by atoms with Gasteiger partial charge in [0.2, 0.25) is 0 Å². The number of aryl methyl sites for hydroxylation is 1. The number of rotatable bonds is 6. The number of carbonyl (C=O) groups is 2. The first-order chi connectivity index (χ1) is 8.54. The molecule has 1 heterocycles. The maximum absolute atomic E-state index is 11.8. The van der Waals surface area contributed by atoms with E-state index in [-0.39, 0.29) is 5.69 Å².